The van der Waals surface area contributed by atoms with Crippen LogP contribution in [-0.2, 0) is 10.0 Å². The van der Waals surface area contributed by atoms with E-state index in [0.717, 1.165) is 22.5 Å². The molecule has 1 amide bonds. The molecule has 0 saturated carbocycles. The molecule has 1 aromatic heterocycles. The van der Waals surface area contributed by atoms with Crippen LogP contribution >= 0.6 is 11.3 Å². The number of hydrogen-bond acceptors (Lipinski definition) is 9. The molecule has 0 atom stereocenters. The minimum Gasteiger partial charge on any atom is -0.454 e. The topological polar surface area (TPSA) is 121 Å². The van der Waals surface area contributed by atoms with Gasteiger partial charge in [0.05, 0.1) is 11.1 Å². The van der Waals surface area contributed by atoms with E-state index >= 15 is 0 Å². The lowest BCUT2D eigenvalue weighted by molar-refractivity contribution is 0.0710. The first-order valence-electron chi connectivity index (χ1n) is 10.1. The Bertz CT molecular complexity index is 1280. The lowest BCUT2D eigenvalue weighted by atomic mass is 10.1. The molecule has 0 spiro atoms. The first kappa shape index (κ1) is 21.6. The molecular formula is C21H20N4O6S2. The largest absolute Gasteiger partial charge is 0.454 e. The number of nitrogens with one attached hydrogen (secondary N) is 1. The third-order valence-corrected chi connectivity index (χ3v) is 8.50. The van der Waals surface area contributed by atoms with E-state index in [1.165, 1.54) is 10.5 Å². The van der Waals surface area contributed by atoms with Gasteiger partial charge in [-0.3, -0.25) is 10.0 Å². The van der Waals surface area contributed by atoms with Crippen molar-refractivity contribution in [2.45, 2.75) is 4.90 Å². The summed E-state index contributed by atoms with van der Waals surface area (Å²) >= 11 is 1.14. The average molecular weight is 489 g/mol. The van der Waals surface area contributed by atoms with E-state index in [9.17, 15) is 13.2 Å². The molecule has 1 saturated heterocycles. The Kier molecular flexibility index (Phi) is 5.66. The third kappa shape index (κ3) is 4.13. The van der Waals surface area contributed by atoms with Gasteiger partial charge in [0.15, 0.2) is 16.6 Å². The molecule has 2 aromatic carbocycles. The number of hydroxylamine groups is 1. The Morgan fingerprint density at radius 1 is 1.00 bits per heavy atom. The number of rotatable bonds is 5. The maximum absolute atomic E-state index is 13.1. The van der Waals surface area contributed by atoms with Gasteiger partial charge in [0, 0.05) is 26.2 Å². The number of benzene rings is 2. The van der Waals surface area contributed by atoms with Crippen LogP contribution in [0.25, 0.3) is 11.1 Å². The summed E-state index contributed by atoms with van der Waals surface area (Å²) in [6.45, 7) is 1.69. The van der Waals surface area contributed by atoms with Crippen molar-refractivity contribution in [3.05, 3.63) is 53.5 Å². The second-order valence-corrected chi connectivity index (χ2v) is 10.4. The predicted molar refractivity (Wildman–Crippen MR) is 120 cm³/mol. The fourth-order valence-corrected chi connectivity index (χ4v) is 6.02. The van der Waals surface area contributed by atoms with E-state index in [4.69, 9.17) is 14.7 Å². The van der Waals surface area contributed by atoms with Crippen LogP contribution in [0.5, 0.6) is 11.5 Å². The number of carbonyl (C=O) groups excluding carboxylic acids is 1. The first-order chi connectivity index (χ1) is 16.0. The quantitative estimate of drug-likeness (QED) is 0.414. The maximum atomic E-state index is 13.1. The van der Waals surface area contributed by atoms with E-state index in [-0.39, 0.29) is 16.6 Å². The second kappa shape index (κ2) is 8.63. The van der Waals surface area contributed by atoms with Crippen LogP contribution in [0.15, 0.2) is 53.6 Å². The molecule has 0 unspecified atom stereocenters. The number of hydrogen-bond donors (Lipinski definition) is 2. The smallest absolute Gasteiger partial charge is 0.286 e. The van der Waals surface area contributed by atoms with Crippen molar-refractivity contribution in [3.8, 4) is 22.6 Å². The molecule has 0 aliphatic carbocycles. The van der Waals surface area contributed by atoms with Crippen LogP contribution in [0.2, 0.25) is 0 Å². The highest BCUT2D eigenvalue weighted by atomic mass is 32.2. The molecule has 33 heavy (non-hydrogen) atoms. The zero-order valence-electron chi connectivity index (χ0n) is 17.3. The number of piperazine rings is 1. The minimum atomic E-state index is -3.64. The van der Waals surface area contributed by atoms with Gasteiger partial charge in [0.1, 0.15) is 4.88 Å². The Balaban J connectivity index is 1.26. The van der Waals surface area contributed by atoms with Gasteiger partial charge in [0.2, 0.25) is 16.8 Å². The van der Waals surface area contributed by atoms with Crippen molar-refractivity contribution >= 4 is 32.4 Å². The molecular weight excluding hydrogens is 468 g/mol. The summed E-state index contributed by atoms with van der Waals surface area (Å²) in [4.78, 5) is 18.1. The molecule has 0 radical (unpaired) electrons. The lowest BCUT2D eigenvalue weighted by Gasteiger charge is -2.33. The summed E-state index contributed by atoms with van der Waals surface area (Å²) in [5.74, 6) is 0.748. The summed E-state index contributed by atoms with van der Waals surface area (Å²) in [5.41, 5.74) is 3.37. The number of aromatic nitrogens is 1. The zero-order chi connectivity index (χ0) is 23.0. The Morgan fingerprint density at radius 2 is 1.70 bits per heavy atom. The monoisotopic (exact) mass is 488 g/mol. The summed E-state index contributed by atoms with van der Waals surface area (Å²) in [7, 11) is -3.64. The second-order valence-electron chi connectivity index (χ2n) is 7.43. The zero-order valence-corrected chi connectivity index (χ0v) is 18.9. The molecule has 172 valence electrons. The summed E-state index contributed by atoms with van der Waals surface area (Å²) in [6.07, 6.45) is 1.39. The van der Waals surface area contributed by atoms with Gasteiger partial charge in [-0.15, -0.1) is 0 Å². The number of fused-ring (bicyclic) bond motifs is 1. The standard InChI is InChI=1S/C21H20N4O6S2/c26-20(23-27)19-12-22-21(32-19)24-7-9-25(10-8-24)33(28,29)16-4-1-14(2-5-16)15-3-6-17-18(11-15)31-13-30-17/h1-6,11-12,27H,7-10,13H2,(H,23,26). The molecule has 2 aliphatic heterocycles. The SMILES string of the molecule is O=C(NO)c1cnc(N2CCN(S(=O)(=O)c3ccc(-c4ccc5c(c4)OCO5)cc3)CC2)s1. The molecule has 0 bridgehead atoms. The van der Waals surface area contributed by atoms with Crippen molar-refractivity contribution in [2.24, 2.45) is 0 Å². The lowest BCUT2D eigenvalue weighted by Crippen LogP contribution is -2.48. The Morgan fingerprint density at radius 3 is 2.42 bits per heavy atom. The summed E-state index contributed by atoms with van der Waals surface area (Å²) < 4.78 is 38.5. The molecule has 2 N–H and O–H groups in total. The third-order valence-electron chi connectivity index (χ3n) is 5.53. The van der Waals surface area contributed by atoms with Gasteiger partial charge in [-0.05, 0) is 35.4 Å². The van der Waals surface area contributed by atoms with Gasteiger partial charge < -0.3 is 14.4 Å². The number of anilines is 1. The van der Waals surface area contributed by atoms with E-state index in [2.05, 4.69) is 4.98 Å². The summed E-state index contributed by atoms with van der Waals surface area (Å²) in [5, 5.41) is 9.35. The normalized spacial score (nSPS) is 16.1. The molecule has 3 heterocycles. The fourth-order valence-electron chi connectivity index (χ4n) is 3.74. The van der Waals surface area contributed by atoms with Gasteiger partial charge in [-0.25, -0.2) is 18.9 Å². The molecule has 10 nitrogen and oxygen atoms in total. The number of amides is 1. The highest BCUT2D eigenvalue weighted by Crippen LogP contribution is 2.36. The van der Waals surface area contributed by atoms with Crippen molar-refractivity contribution in [3.63, 3.8) is 0 Å². The van der Waals surface area contributed by atoms with E-state index in [0.29, 0.717) is 42.8 Å². The average Bonchev–Trinajstić information content (AvgIpc) is 3.53. The molecule has 5 rings (SSSR count). The van der Waals surface area contributed by atoms with Gasteiger partial charge in [-0.2, -0.15) is 4.31 Å². The molecule has 3 aromatic rings. The highest BCUT2D eigenvalue weighted by Gasteiger charge is 2.29. The van der Waals surface area contributed by atoms with Crippen molar-refractivity contribution in [2.75, 3.05) is 37.9 Å². The Labute approximate surface area is 194 Å². The van der Waals surface area contributed by atoms with E-state index < -0.39 is 15.9 Å². The Hall–Kier alpha value is -3.19. The van der Waals surface area contributed by atoms with Crippen LogP contribution in [0, 0.1) is 0 Å². The van der Waals surface area contributed by atoms with Crippen LogP contribution < -0.4 is 19.9 Å². The van der Waals surface area contributed by atoms with Crippen LogP contribution in [-0.4, -0.2) is 61.8 Å². The van der Waals surface area contributed by atoms with Gasteiger partial charge in [-0.1, -0.05) is 29.5 Å². The predicted octanol–water partition coefficient (Wildman–Crippen LogP) is 2.17. The molecule has 1 fully saturated rings. The maximum Gasteiger partial charge on any atom is 0.286 e. The van der Waals surface area contributed by atoms with Gasteiger partial charge >= 0.3 is 0 Å². The fraction of sp³-hybridized carbons (Fsp3) is 0.238. The number of nitrogens with zero attached hydrogens (tertiary/aromatic N) is 3. The first-order valence-corrected chi connectivity index (χ1v) is 12.4. The minimum absolute atomic E-state index is 0.199. The number of sulfonamides is 1. The van der Waals surface area contributed by atoms with Crippen LogP contribution in [0.4, 0.5) is 5.13 Å². The number of thiazole rings is 1. The van der Waals surface area contributed by atoms with Crippen molar-refractivity contribution in [1.82, 2.24) is 14.8 Å². The number of carbonyl (C=O) groups is 1. The van der Waals surface area contributed by atoms with Gasteiger partial charge in [0.25, 0.3) is 5.91 Å². The van der Waals surface area contributed by atoms with Crippen molar-refractivity contribution < 1.29 is 27.9 Å². The highest BCUT2D eigenvalue weighted by molar-refractivity contribution is 7.89. The van der Waals surface area contributed by atoms with E-state index in [1.54, 1.807) is 29.7 Å². The van der Waals surface area contributed by atoms with E-state index in [1.807, 2.05) is 23.1 Å². The summed E-state index contributed by atoms with van der Waals surface area (Å²) in [6, 6.07) is 12.4. The van der Waals surface area contributed by atoms with Crippen molar-refractivity contribution in [1.29, 1.82) is 0 Å². The van der Waals surface area contributed by atoms with Crippen LogP contribution in [0.1, 0.15) is 9.67 Å². The molecule has 2 aliphatic rings. The number of ether oxygens (including phenoxy) is 2. The van der Waals surface area contributed by atoms with Crippen LogP contribution in [0.3, 0.4) is 0 Å². The molecule has 12 heteroatoms.